The lowest BCUT2D eigenvalue weighted by Gasteiger charge is -2.25. The summed E-state index contributed by atoms with van der Waals surface area (Å²) in [6, 6.07) is 10.8. The zero-order valence-corrected chi connectivity index (χ0v) is 14.4. The Hall–Kier alpha value is -2.64. The van der Waals surface area contributed by atoms with Crippen LogP contribution in [-0.2, 0) is 0 Å². The van der Waals surface area contributed by atoms with Crippen molar-refractivity contribution in [2.45, 2.75) is 32.4 Å². The third kappa shape index (κ3) is 4.68. The standard InChI is InChI=1S/C20H22N2O2/c1-15(18-6-5-13-21-14-18)22(4)19(23)17-9-7-16(8-10-17)11-12-20(2,3)24/h5-10,13-15,24H,1-4H3/t15-/m0/s1. The van der Waals surface area contributed by atoms with Crippen LogP contribution < -0.4 is 0 Å². The van der Waals surface area contributed by atoms with E-state index in [0.717, 1.165) is 11.1 Å². The second-order valence-corrected chi connectivity index (χ2v) is 6.26. The lowest BCUT2D eigenvalue weighted by molar-refractivity contribution is 0.0742. The van der Waals surface area contributed by atoms with Gasteiger partial charge in [-0.2, -0.15) is 0 Å². The lowest BCUT2D eigenvalue weighted by Crippen LogP contribution is -2.29. The monoisotopic (exact) mass is 322 g/mol. The van der Waals surface area contributed by atoms with Gasteiger partial charge in [0.25, 0.3) is 5.91 Å². The molecule has 0 aliphatic rings. The SMILES string of the molecule is C[C@@H](c1cccnc1)N(C)C(=O)c1ccc(C#CC(C)(C)O)cc1. The van der Waals surface area contributed by atoms with Crippen LogP contribution in [0.5, 0.6) is 0 Å². The number of aromatic nitrogens is 1. The highest BCUT2D eigenvalue weighted by Crippen LogP contribution is 2.19. The molecule has 1 aromatic heterocycles. The van der Waals surface area contributed by atoms with Crippen LogP contribution in [0, 0.1) is 11.8 Å². The summed E-state index contributed by atoms with van der Waals surface area (Å²) in [5.41, 5.74) is 1.31. The Morgan fingerprint density at radius 2 is 1.92 bits per heavy atom. The van der Waals surface area contributed by atoms with Crippen molar-refractivity contribution in [3.63, 3.8) is 0 Å². The van der Waals surface area contributed by atoms with E-state index < -0.39 is 5.60 Å². The molecule has 0 saturated heterocycles. The third-order valence-electron chi connectivity index (χ3n) is 3.71. The van der Waals surface area contributed by atoms with Crippen LogP contribution in [-0.4, -0.2) is 33.5 Å². The Morgan fingerprint density at radius 3 is 2.46 bits per heavy atom. The van der Waals surface area contributed by atoms with Crippen LogP contribution in [0.15, 0.2) is 48.8 Å². The zero-order valence-electron chi connectivity index (χ0n) is 14.4. The number of rotatable bonds is 3. The average molecular weight is 322 g/mol. The maximum Gasteiger partial charge on any atom is 0.254 e. The van der Waals surface area contributed by atoms with Crippen LogP contribution in [0.25, 0.3) is 0 Å². The molecule has 1 aromatic carbocycles. The van der Waals surface area contributed by atoms with E-state index in [2.05, 4.69) is 16.8 Å². The molecule has 4 nitrogen and oxygen atoms in total. The normalized spacial score (nSPS) is 12.0. The van der Waals surface area contributed by atoms with Crippen molar-refractivity contribution < 1.29 is 9.90 Å². The minimum absolute atomic E-state index is 0.0617. The first-order valence-corrected chi connectivity index (χ1v) is 7.80. The molecule has 0 aliphatic heterocycles. The van der Waals surface area contributed by atoms with Crippen molar-refractivity contribution >= 4 is 5.91 Å². The van der Waals surface area contributed by atoms with E-state index >= 15 is 0 Å². The van der Waals surface area contributed by atoms with Gasteiger partial charge in [-0.25, -0.2) is 0 Å². The lowest BCUT2D eigenvalue weighted by atomic mass is 10.1. The van der Waals surface area contributed by atoms with Crippen molar-refractivity contribution in [3.8, 4) is 11.8 Å². The Balaban J connectivity index is 2.13. The van der Waals surface area contributed by atoms with E-state index in [1.807, 2.05) is 19.1 Å². The molecule has 2 rings (SSSR count). The van der Waals surface area contributed by atoms with Crippen molar-refractivity contribution in [1.82, 2.24) is 9.88 Å². The number of benzene rings is 1. The summed E-state index contributed by atoms with van der Waals surface area (Å²) >= 11 is 0. The number of amides is 1. The molecule has 4 heteroatoms. The van der Waals surface area contributed by atoms with Gasteiger partial charge in [-0.1, -0.05) is 17.9 Å². The summed E-state index contributed by atoms with van der Waals surface area (Å²) in [5, 5.41) is 9.62. The number of aliphatic hydroxyl groups is 1. The molecular weight excluding hydrogens is 300 g/mol. The molecule has 1 N–H and O–H groups in total. The molecule has 0 saturated carbocycles. The Labute approximate surface area is 143 Å². The number of pyridine rings is 1. The van der Waals surface area contributed by atoms with Gasteiger partial charge in [0.2, 0.25) is 0 Å². The molecule has 1 heterocycles. The minimum atomic E-state index is -1.03. The predicted molar refractivity (Wildman–Crippen MR) is 94.4 cm³/mol. The van der Waals surface area contributed by atoms with Gasteiger partial charge in [0.05, 0.1) is 6.04 Å². The second kappa shape index (κ2) is 7.29. The maximum absolute atomic E-state index is 12.6. The number of carbonyl (C=O) groups excluding carboxylic acids is 1. The fraction of sp³-hybridized carbons (Fsp3) is 0.300. The zero-order chi connectivity index (χ0) is 17.7. The first-order valence-electron chi connectivity index (χ1n) is 7.80. The van der Waals surface area contributed by atoms with Gasteiger partial charge in [0.15, 0.2) is 0 Å². The van der Waals surface area contributed by atoms with Crippen molar-refractivity contribution in [1.29, 1.82) is 0 Å². The molecule has 0 unspecified atom stereocenters. The van der Waals surface area contributed by atoms with Crippen LogP contribution in [0.2, 0.25) is 0 Å². The minimum Gasteiger partial charge on any atom is -0.378 e. The Morgan fingerprint density at radius 1 is 1.25 bits per heavy atom. The predicted octanol–water partition coefficient (Wildman–Crippen LogP) is 3.04. The average Bonchev–Trinajstić information content (AvgIpc) is 2.58. The molecule has 124 valence electrons. The van der Waals surface area contributed by atoms with Gasteiger partial charge in [0.1, 0.15) is 5.60 Å². The van der Waals surface area contributed by atoms with E-state index in [0.29, 0.717) is 5.56 Å². The molecule has 24 heavy (non-hydrogen) atoms. The summed E-state index contributed by atoms with van der Waals surface area (Å²) in [5.74, 6) is 5.59. The highest BCUT2D eigenvalue weighted by Gasteiger charge is 2.18. The molecule has 0 aliphatic carbocycles. The van der Waals surface area contributed by atoms with Crippen molar-refractivity contribution in [2.24, 2.45) is 0 Å². The number of nitrogens with zero attached hydrogens (tertiary/aromatic N) is 2. The smallest absolute Gasteiger partial charge is 0.254 e. The van der Waals surface area contributed by atoms with Crippen LogP contribution in [0.1, 0.15) is 48.3 Å². The molecule has 0 spiro atoms. The van der Waals surface area contributed by atoms with Crippen LogP contribution in [0.3, 0.4) is 0 Å². The summed E-state index contributed by atoms with van der Waals surface area (Å²) in [6.07, 6.45) is 3.48. The van der Waals surface area contributed by atoms with E-state index in [1.165, 1.54) is 0 Å². The quantitative estimate of drug-likeness (QED) is 0.884. The van der Waals surface area contributed by atoms with Gasteiger partial charge in [-0.05, 0) is 56.7 Å². The van der Waals surface area contributed by atoms with Gasteiger partial charge in [0, 0.05) is 30.6 Å². The van der Waals surface area contributed by atoms with Gasteiger partial charge >= 0.3 is 0 Å². The number of hydrogen-bond acceptors (Lipinski definition) is 3. The fourth-order valence-corrected chi connectivity index (χ4v) is 2.15. The Bertz CT molecular complexity index is 750. The maximum atomic E-state index is 12.6. The van der Waals surface area contributed by atoms with Crippen LogP contribution in [0.4, 0.5) is 0 Å². The summed E-state index contributed by atoms with van der Waals surface area (Å²) in [4.78, 5) is 18.4. The molecule has 0 radical (unpaired) electrons. The summed E-state index contributed by atoms with van der Waals surface area (Å²) < 4.78 is 0. The number of carbonyl (C=O) groups is 1. The van der Waals surface area contributed by atoms with Crippen molar-refractivity contribution in [2.75, 3.05) is 7.05 Å². The van der Waals surface area contributed by atoms with Gasteiger partial charge in [-0.3, -0.25) is 9.78 Å². The van der Waals surface area contributed by atoms with E-state index in [9.17, 15) is 9.90 Å². The topological polar surface area (TPSA) is 53.4 Å². The third-order valence-corrected chi connectivity index (χ3v) is 3.71. The highest BCUT2D eigenvalue weighted by atomic mass is 16.3. The van der Waals surface area contributed by atoms with E-state index in [4.69, 9.17) is 0 Å². The van der Waals surface area contributed by atoms with Gasteiger partial charge < -0.3 is 10.0 Å². The van der Waals surface area contributed by atoms with E-state index in [1.54, 1.807) is 62.5 Å². The molecular formula is C20H22N2O2. The first kappa shape index (κ1) is 17.7. The van der Waals surface area contributed by atoms with Gasteiger partial charge in [-0.15, -0.1) is 0 Å². The summed E-state index contributed by atoms with van der Waals surface area (Å²) in [7, 11) is 1.78. The Kier molecular flexibility index (Phi) is 5.38. The summed E-state index contributed by atoms with van der Waals surface area (Å²) in [6.45, 7) is 5.23. The largest absolute Gasteiger partial charge is 0.378 e. The molecule has 1 atom stereocenters. The molecule has 1 amide bonds. The highest BCUT2D eigenvalue weighted by molar-refractivity contribution is 5.94. The molecule has 0 fully saturated rings. The number of hydrogen-bond donors (Lipinski definition) is 1. The van der Waals surface area contributed by atoms with Crippen molar-refractivity contribution in [3.05, 3.63) is 65.5 Å². The molecule has 0 bridgehead atoms. The first-order chi connectivity index (χ1) is 11.3. The van der Waals surface area contributed by atoms with E-state index in [-0.39, 0.29) is 11.9 Å². The second-order valence-electron chi connectivity index (χ2n) is 6.26. The molecule has 2 aromatic rings. The van der Waals surface area contributed by atoms with Crippen LogP contribution >= 0.6 is 0 Å². The fourth-order valence-electron chi connectivity index (χ4n) is 2.15.